The average molecular weight is 410 g/mol. The minimum Gasteiger partial charge on any atom is -0.483 e. The molecule has 3 rings (SSSR count). The third-order valence-corrected chi connectivity index (χ3v) is 4.63. The zero-order chi connectivity index (χ0) is 20.8. The Kier molecular flexibility index (Phi) is 6.46. The van der Waals surface area contributed by atoms with E-state index in [4.69, 9.17) is 22.7 Å². The van der Waals surface area contributed by atoms with E-state index in [1.807, 2.05) is 42.5 Å². The smallest absolute Gasteiger partial charge is 0.255 e. The van der Waals surface area contributed by atoms with E-state index in [2.05, 4.69) is 16.0 Å². The van der Waals surface area contributed by atoms with Crippen LogP contribution in [0.25, 0.3) is 0 Å². The molecule has 0 spiro atoms. The van der Waals surface area contributed by atoms with Crippen molar-refractivity contribution in [3.8, 4) is 5.75 Å². The number of allylic oxidation sites excluding steroid dienone is 1. The van der Waals surface area contributed by atoms with E-state index in [1.54, 1.807) is 19.1 Å². The monoisotopic (exact) mass is 410 g/mol. The first-order valence-corrected chi connectivity index (χ1v) is 9.47. The lowest BCUT2D eigenvalue weighted by molar-refractivity contribution is -0.120. The van der Waals surface area contributed by atoms with Gasteiger partial charge in [0, 0.05) is 17.8 Å². The lowest BCUT2D eigenvalue weighted by atomic mass is 9.94. The fraction of sp³-hybridized carbons (Fsp3) is 0.190. The Hall–Kier alpha value is -3.39. The van der Waals surface area contributed by atoms with Crippen LogP contribution in [0.5, 0.6) is 5.75 Å². The third kappa shape index (κ3) is 5.11. The van der Waals surface area contributed by atoms with Crippen LogP contribution in [0, 0.1) is 0 Å². The number of primary amides is 1. The average Bonchev–Trinajstić information content (AvgIpc) is 2.71. The number of nitrogens with one attached hydrogen (secondary N) is 3. The molecule has 1 aliphatic rings. The molecule has 1 unspecified atom stereocenters. The number of para-hydroxylation sites is 1. The van der Waals surface area contributed by atoms with Crippen molar-refractivity contribution in [2.24, 2.45) is 5.73 Å². The Balaban J connectivity index is 1.88. The van der Waals surface area contributed by atoms with Crippen LogP contribution in [0.4, 0.5) is 0 Å². The Labute approximate surface area is 174 Å². The third-order valence-electron chi connectivity index (χ3n) is 4.41. The molecule has 2 amide bonds. The number of hydrogen-bond acceptors (Lipinski definition) is 4. The van der Waals surface area contributed by atoms with Gasteiger partial charge < -0.3 is 26.4 Å². The Morgan fingerprint density at radius 2 is 1.83 bits per heavy atom. The van der Waals surface area contributed by atoms with Gasteiger partial charge in [0.25, 0.3) is 11.8 Å². The van der Waals surface area contributed by atoms with E-state index in [0.717, 1.165) is 5.56 Å². The minimum absolute atomic E-state index is 0.233. The zero-order valence-electron chi connectivity index (χ0n) is 15.9. The topological polar surface area (TPSA) is 105 Å². The van der Waals surface area contributed by atoms with Crippen LogP contribution in [0.1, 0.15) is 24.1 Å². The molecule has 2 aromatic carbocycles. The van der Waals surface area contributed by atoms with E-state index in [1.165, 1.54) is 0 Å². The van der Waals surface area contributed by atoms with E-state index in [0.29, 0.717) is 34.2 Å². The normalized spacial score (nSPS) is 15.9. The van der Waals surface area contributed by atoms with Crippen molar-refractivity contribution < 1.29 is 14.3 Å². The molecule has 0 saturated carbocycles. The summed E-state index contributed by atoms with van der Waals surface area (Å²) in [5, 5.41) is 9.48. The van der Waals surface area contributed by atoms with Crippen molar-refractivity contribution in [1.29, 1.82) is 0 Å². The summed E-state index contributed by atoms with van der Waals surface area (Å²) in [6.45, 7) is 1.93. The first kappa shape index (κ1) is 20.3. The lowest BCUT2D eigenvalue weighted by Crippen LogP contribution is -2.46. The predicted molar refractivity (Wildman–Crippen MR) is 114 cm³/mol. The van der Waals surface area contributed by atoms with Gasteiger partial charge in [0.15, 0.2) is 11.7 Å². The number of carbonyl (C=O) groups is 2. The van der Waals surface area contributed by atoms with Crippen molar-refractivity contribution in [3.05, 3.63) is 77.0 Å². The molecule has 5 N–H and O–H groups in total. The molecule has 2 aromatic rings. The second kappa shape index (κ2) is 9.20. The van der Waals surface area contributed by atoms with Gasteiger partial charge in [0.05, 0.1) is 11.6 Å². The van der Waals surface area contributed by atoms with Crippen molar-refractivity contribution in [2.45, 2.75) is 19.5 Å². The Bertz CT molecular complexity index is 959. The number of amides is 2. The van der Waals surface area contributed by atoms with Crippen LogP contribution in [-0.2, 0) is 16.1 Å². The van der Waals surface area contributed by atoms with Crippen molar-refractivity contribution in [2.75, 3.05) is 6.61 Å². The molecule has 0 radical (unpaired) electrons. The fourth-order valence-electron chi connectivity index (χ4n) is 3.10. The summed E-state index contributed by atoms with van der Waals surface area (Å²) in [7, 11) is 0. The predicted octanol–water partition coefficient (Wildman–Crippen LogP) is 1.66. The van der Waals surface area contributed by atoms with Gasteiger partial charge in [-0.1, -0.05) is 48.5 Å². The summed E-state index contributed by atoms with van der Waals surface area (Å²) in [6, 6.07) is 16.3. The van der Waals surface area contributed by atoms with Crippen molar-refractivity contribution in [1.82, 2.24) is 16.0 Å². The summed E-state index contributed by atoms with van der Waals surface area (Å²) in [5.41, 5.74) is 8.01. The van der Waals surface area contributed by atoms with Crippen LogP contribution >= 0.6 is 12.2 Å². The maximum absolute atomic E-state index is 13.0. The number of hydrogen-bond donors (Lipinski definition) is 4. The molecule has 0 aliphatic carbocycles. The van der Waals surface area contributed by atoms with Gasteiger partial charge in [-0.15, -0.1) is 0 Å². The first-order valence-electron chi connectivity index (χ1n) is 9.06. The Morgan fingerprint density at radius 3 is 2.55 bits per heavy atom. The molecule has 0 fully saturated rings. The first-order chi connectivity index (χ1) is 14.0. The van der Waals surface area contributed by atoms with Crippen LogP contribution in [-0.4, -0.2) is 23.5 Å². The van der Waals surface area contributed by atoms with Crippen molar-refractivity contribution in [3.63, 3.8) is 0 Å². The maximum atomic E-state index is 13.0. The van der Waals surface area contributed by atoms with E-state index in [9.17, 15) is 9.59 Å². The molecule has 1 atom stereocenters. The number of thiocarbonyl (C=S) groups is 1. The highest BCUT2D eigenvalue weighted by atomic mass is 32.1. The molecule has 1 heterocycles. The highest BCUT2D eigenvalue weighted by Gasteiger charge is 2.31. The van der Waals surface area contributed by atoms with Gasteiger partial charge in [-0.3, -0.25) is 9.59 Å². The maximum Gasteiger partial charge on any atom is 0.255 e. The number of benzene rings is 2. The molecular weight excluding hydrogens is 388 g/mol. The largest absolute Gasteiger partial charge is 0.483 e. The fourth-order valence-corrected chi connectivity index (χ4v) is 3.37. The molecule has 0 saturated heterocycles. The van der Waals surface area contributed by atoms with E-state index in [-0.39, 0.29) is 12.5 Å². The molecule has 150 valence electrons. The van der Waals surface area contributed by atoms with Gasteiger partial charge in [0.1, 0.15) is 5.75 Å². The molecule has 0 bridgehead atoms. The molecule has 0 aromatic heterocycles. The standard InChI is InChI=1S/C21H22N4O3S/c1-13-18(20(27)23-11-14-7-3-2-4-8-14)19(25-21(29)24-13)15-9-5-6-10-16(15)28-12-17(22)26/h2-10,19H,11-12H2,1H3,(H2,22,26)(H,23,27)(H2,24,25,29). The van der Waals surface area contributed by atoms with Crippen LogP contribution < -0.4 is 26.4 Å². The quantitative estimate of drug-likeness (QED) is 0.518. The van der Waals surface area contributed by atoms with Gasteiger partial charge in [-0.05, 0) is 30.8 Å². The number of rotatable bonds is 7. The van der Waals surface area contributed by atoms with Gasteiger partial charge in [0.2, 0.25) is 0 Å². The van der Waals surface area contributed by atoms with Crippen LogP contribution in [0.2, 0.25) is 0 Å². The SMILES string of the molecule is CC1=C(C(=O)NCc2ccccc2)C(c2ccccc2OCC(N)=O)NC(=S)N1. The zero-order valence-corrected chi connectivity index (χ0v) is 16.7. The van der Waals surface area contributed by atoms with Gasteiger partial charge in [-0.25, -0.2) is 0 Å². The summed E-state index contributed by atoms with van der Waals surface area (Å²) in [5.74, 6) is -0.362. The molecule has 29 heavy (non-hydrogen) atoms. The second-order valence-electron chi connectivity index (χ2n) is 6.53. The molecule has 8 heteroatoms. The number of carbonyl (C=O) groups excluding carboxylic acids is 2. The molecule has 1 aliphatic heterocycles. The van der Waals surface area contributed by atoms with Crippen LogP contribution in [0.3, 0.4) is 0 Å². The number of nitrogens with two attached hydrogens (primary N) is 1. The van der Waals surface area contributed by atoms with Gasteiger partial charge >= 0.3 is 0 Å². The molecular formula is C21H22N4O3S. The Morgan fingerprint density at radius 1 is 1.14 bits per heavy atom. The highest BCUT2D eigenvalue weighted by Crippen LogP contribution is 2.33. The van der Waals surface area contributed by atoms with Gasteiger partial charge in [-0.2, -0.15) is 0 Å². The van der Waals surface area contributed by atoms with Crippen molar-refractivity contribution >= 4 is 29.1 Å². The van der Waals surface area contributed by atoms with E-state index < -0.39 is 11.9 Å². The van der Waals surface area contributed by atoms with E-state index >= 15 is 0 Å². The molecule has 7 nitrogen and oxygen atoms in total. The minimum atomic E-state index is -0.582. The second-order valence-corrected chi connectivity index (χ2v) is 6.94. The summed E-state index contributed by atoms with van der Waals surface area (Å²) >= 11 is 5.29. The number of ether oxygens (including phenoxy) is 1. The highest BCUT2D eigenvalue weighted by molar-refractivity contribution is 7.80. The lowest BCUT2D eigenvalue weighted by Gasteiger charge is -2.31. The summed E-state index contributed by atoms with van der Waals surface area (Å²) in [6.07, 6.45) is 0. The summed E-state index contributed by atoms with van der Waals surface area (Å²) in [4.78, 5) is 24.2. The van der Waals surface area contributed by atoms with Crippen LogP contribution in [0.15, 0.2) is 65.9 Å². The summed E-state index contributed by atoms with van der Waals surface area (Å²) < 4.78 is 5.55.